The van der Waals surface area contributed by atoms with Crippen LogP contribution in [0, 0.1) is 0 Å². The number of aromatic nitrogens is 2. The van der Waals surface area contributed by atoms with Crippen LogP contribution in [-0.2, 0) is 25.7 Å². The molecule has 0 fully saturated rings. The summed E-state index contributed by atoms with van der Waals surface area (Å²) in [7, 11) is 0. The molecule has 3 rings (SSSR count). The predicted molar refractivity (Wildman–Crippen MR) is 122 cm³/mol. The number of para-hydroxylation sites is 1. The first-order chi connectivity index (χ1) is 16.3. The smallest absolute Gasteiger partial charge is 0.289 e. The van der Waals surface area contributed by atoms with Gasteiger partial charge in [0, 0.05) is 6.54 Å². The molecular weight excluding hydrogens is 440 g/mol. The Labute approximate surface area is 194 Å². The number of amides is 4. The average Bonchev–Trinajstić information content (AvgIpc) is 3.33. The molecule has 0 spiro atoms. The summed E-state index contributed by atoms with van der Waals surface area (Å²) in [5, 5.41) is 9.68. The van der Waals surface area contributed by atoms with Crippen LogP contribution in [0.1, 0.15) is 22.8 Å². The van der Waals surface area contributed by atoms with Gasteiger partial charge < -0.3 is 26.3 Å². The maximum Gasteiger partial charge on any atom is 0.289 e. The highest BCUT2D eigenvalue weighted by Crippen LogP contribution is 2.14. The summed E-state index contributed by atoms with van der Waals surface area (Å²) in [5.74, 6) is -3.38. The Balaban J connectivity index is 1.38. The van der Waals surface area contributed by atoms with E-state index < -0.39 is 42.0 Å². The van der Waals surface area contributed by atoms with Crippen molar-refractivity contribution in [3.63, 3.8) is 0 Å². The Morgan fingerprint density at radius 3 is 2.44 bits per heavy atom. The molecule has 0 radical (unpaired) electrons. The first-order valence-electron chi connectivity index (χ1n) is 10.5. The maximum atomic E-state index is 12.4. The van der Waals surface area contributed by atoms with Crippen LogP contribution >= 0.6 is 0 Å². The van der Waals surface area contributed by atoms with Crippen molar-refractivity contribution >= 4 is 40.4 Å². The molecule has 176 valence electrons. The number of fused-ring (bicyclic) bond motifs is 1. The molecule has 1 aromatic heterocycles. The van der Waals surface area contributed by atoms with Crippen LogP contribution in [0.5, 0.6) is 0 Å². The predicted octanol–water partition coefficient (Wildman–Crippen LogP) is -0.201. The number of rotatable bonds is 10. The summed E-state index contributed by atoms with van der Waals surface area (Å²) in [6.45, 7) is 0.730. The molecule has 0 aliphatic carbocycles. The third-order valence-electron chi connectivity index (χ3n) is 4.85. The second-order valence-corrected chi connectivity index (χ2v) is 7.39. The average molecular weight is 464 g/mol. The Hall–Kier alpha value is -4.54. The van der Waals surface area contributed by atoms with Crippen LogP contribution in [0.4, 0.5) is 0 Å². The van der Waals surface area contributed by atoms with Gasteiger partial charge in [0.05, 0.1) is 30.5 Å². The lowest BCUT2D eigenvalue weighted by atomic mass is 10.1. The highest BCUT2D eigenvalue weighted by atomic mass is 16.2. The quantitative estimate of drug-likeness (QED) is 0.261. The van der Waals surface area contributed by atoms with Crippen LogP contribution in [0.25, 0.3) is 11.0 Å². The van der Waals surface area contributed by atoms with Crippen molar-refractivity contribution in [1.82, 2.24) is 31.2 Å². The van der Waals surface area contributed by atoms with Gasteiger partial charge in [0.2, 0.25) is 17.6 Å². The number of ketones is 1. The molecule has 0 saturated carbocycles. The SMILES string of the molecule is C[C@H](NC(=O)CNC(=O)c1cccc2[nH]cnc12)C(=O)NCC(=O)C(=O)NCc1ccccc1. The highest BCUT2D eigenvalue weighted by Gasteiger charge is 2.20. The topological polar surface area (TPSA) is 162 Å². The minimum absolute atomic E-state index is 0.187. The maximum absolute atomic E-state index is 12.4. The molecule has 34 heavy (non-hydrogen) atoms. The van der Waals surface area contributed by atoms with E-state index in [2.05, 4.69) is 31.2 Å². The fourth-order valence-electron chi connectivity index (χ4n) is 3.04. The number of imidazole rings is 1. The first-order valence-corrected chi connectivity index (χ1v) is 10.5. The van der Waals surface area contributed by atoms with E-state index in [4.69, 9.17) is 0 Å². The van der Waals surface area contributed by atoms with Crippen molar-refractivity contribution < 1.29 is 24.0 Å². The van der Waals surface area contributed by atoms with Crippen LogP contribution in [0.3, 0.4) is 0 Å². The molecule has 0 aliphatic rings. The van der Waals surface area contributed by atoms with Crippen molar-refractivity contribution in [3.8, 4) is 0 Å². The van der Waals surface area contributed by atoms with Crippen molar-refractivity contribution in [2.45, 2.75) is 19.5 Å². The summed E-state index contributed by atoms with van der Waals surface area (Å²) < 4.78 is 0. The molecule has 3 aromatic rings. The molecule has 0 aliphatic heterocycles. The molecule has 2 aromatic carbocycles. The minimum Gasteiger partial charge on any atom is -0.347 e. The third kappa shape index (κ3) is 6.48. The number of carbonyl (C=O) groups is 5. The van der Waals surface area contributed by atoms with Crippen molar-refractivity contribution in [2.24, 2.45) is 0 Å². The van der Waals surface area contributed by atoms with Gasteiger partial charge in [-0.1, -0.05) is 36.4 Å². The molecule has 0 bridgehead atoms. The van der Waals surface area contributed by atoms with E-state index in [1.54, 1.807) is 30.3 Å². The summed E-state index contributed by atoms with van der Waals surface area (Å²) >= 11 is 0. The minimum atomic E-state index is -0.987. The van der Waals surface area contributed by atoms with Gasteiger partial charge >= 0.3 is 0 Å². The Morgan fingerprint density at radius 1 is 0.912 bits per heavy atom. The summed E-state index contributed by atoms with van der Waals surface area (Å²) in [4.78, 5) is 67.4. The largest absolute Gasteiger partial charge is 0.347 e. The summed E-state index contributed by atoms with van der Waals surface area (Å²) in [6, 6.07) is 13.1. The number of aromatic amines is 1. The molecule has 1 atom stereocenters. The second-order valence-electron chi connectivity index (χ2n) is 7.39. The molecule has 1 heterocycles. The second kappa shape index (κ2) is 11.4. The number of nitrogens with zero attached hydrogens (tertiary/aromatic N) is 1. The molecule has 0 saturated heterocycles. The number of carbonyl (C=O) groups excluding carboxylic acids is 5. The molecule has 0 unspecified atom stereocenters. The first kappa shape index (κ1) is 24.1. The van der Waals surface area contributed by atoms with Gasteiger partial charge in [-0.25, -0.2) is 4.98 Å². The summed E-state index contributed by atoms with van der Waals surface area (Å²) in [6.07, 6.45) is 1.46. The van der Waals surface area contributed by atoms with E-state index in [0.717, 1.165) is 5.56 Å². The van der Waals surface area contributed by atoms with Crippen LogP contribution in [0.15, 0.2) is 54.9 Å². The van der Waals surface area contributed by atoms with Gasteiger partial charge in [0.25, 0.3) is 11.8 Å². The van der Waals surface area contributed by atoms with Crippen molar-refractivity contribution in [1.29, 1.82) is 0 Å². The van der Waals surface area contributed by atoms with Gasteiger partial charge in [-0.05, 0) is 24.6 Å². The fraction of sp³-hybridized carbons (Fsp3) is 0.217. The van der Waals surface area contributed by atoms with Gasteiger partial charge in [-0.3, -0.25) is 24.0 Å². The molecule has 5 N–H and O–H groups in total. The molecular formula is C23H24N6O5. The van der Waals surface area contributed by atoms with E-state index in [1.807, 2.05) is 18.2 Å². The Kier molecular flexibility index (Phi) is 8.06. The normalized spacial score (nSPS) is 11.3. The van der Waals surface area contributed by atoms with E-state index in [1.165, 1.54) is 13.3 Å². The monoisotopic (exact) mass is 464 g/mol. The fourth-order valence-corrected chi connectivity index (χ4v) is 3.04. The van der Waals surface area contributed by atoms with Crippen LogP contribution < -0.4 is 21.3 Å². The highest BCUT2D eigenvalue weighted by molar-refractivity contribution is 6.37. The number of benzene rings is 2. The lowest BCUT2D eigenvalue weighted by Crippen LogP contribution is -2.49. The number of nitrogens with one attached hydrogen (secondary N) is 5. The van der Waals surface area contributed by atoms with Gasteiger partial charge in [-0.2, -0.15) is 0 Å². The zero-order valence-corrected chi connectivity index (χ0v) is 18.4. The van der Waals surface area contributed by atoms with Crippen molar-refractivity contribution in [3.05, 3.63) is 66.0 Å². The number of Topliss-reactive ketones (excluding diaryl/α,β-unsaturated/α-hetero) is 1. The van der Waals surface area contributed by atoms with Gasteiger partial charge in [-0.15, -0.1) is 0 Å². The molecule has 4 amide bonds. The standard InChI is InChI=1S/C23H24N6O5/c1-14(21(32)25-11-18(30)23(34)24-10-15-6-3-2-4-7-15)29-19(31)12-26-22(33)16-8-5-9-17-20(16)28-13-27-17/h2-9,13-14H,10-12H2,1H3,(H,24,34)(H,25,32)(H,26,33)(H,27,28)(H,29,31)/t14-/m0/s1. The van der Waals surface area contributed by atoms with Crippen LogP contribution in [0.2, 0.25) is 0 Å². The zero-order chi connectivity index (χ0) is 24.5. The van der Waals surface area contributed by atoms with Crippen molar-refractivity contribution in [2.75, 3.05) is 13.1 Å². The van der Waals surface area contributed by atoms with Gasteiger partial charge in [0.15, 0.2) is 0 Å². The number of hydrogen-bond acceptors (Lipinski definition) is 6. The Bertz CT molecular complexity index is 1210. The molecule has 11 nitrogen and oxygen atoms in total. The van der Waals surface area contributed by atoms with E-state index >= 15 is 0 Å². The van der Waals surface area contributed by atoms with Gasteiger partial charge in [0.1, 0.15) is 11.6 Å². The lowest BCUT2D eigenvalue weighted by molar-refractivity contribution is -0.138. The Morgan fingerprint density at radius 2 is 1.68 bits per heavy atom. The lowest BCUT2D eigenvalue weighted by Gasteiger charge is -2.14. The number of H-pyrrole nitrogens is 1. The number of hydrogen-bond donors (Lipinski definition) is 5. The van der Waals surface area contributed by atoms with E-state index in [-0.39, 0.29) is 13.1 Å². The molecule has 11 heteroatoms. The zero-order valence-electron chi connectivity index (χ0n) is 18.4. The van der Waals surface area contributed by atoms with E-state index in [0.29, 0.717) is 16.6 Å². The summed E-state index contributed by atoms with van der Waals surface area (Å²) in [5.41, 5.74) is 2.30. The van der Waals surface area contributed by atoms with E-state index in [9.17, 15) is 24.0 Å². The van der Waals surface area contributed by atoms with Crippen LogP contribution in [-0.4, -0.2) is 58.5 Å². The third-order valence-corrected chi connectivity index (χ3v) is 4.85.